The van der Waals surface area contributed by atoms with E-state index in [0.717, 1.165) is 27.8 Å². The zero-order chi connectivity index (χ0) is 27.9. The fraction of sp³-hybridized carbons (Fsp3) is 0.517. The number of esters is 1. The normalized spacial score (nSPS) is 15.3. The second-order valence-electron chi connectivity index (χ2n) is 10.1. The summed E-state index contributed by atoms with van der Waals surface area (Å²) in [5.74, 6) is -0.366. The van der Waals surface area contributed by atoms with Gasteiger partial charge < -0.3 is 23.6 Å². The highest BCUT2D eigenvalue weighted by Crippen LogP contribution is 2.49. The maximum atomic E-state index is 14.1. The molecule has 0 N–H and O–H groups in total. The number of amides is 2. The van der Waals surface area contributed by atoms with Gasteiger partial charge >= 0.3 is 19.6 Å². The summed E-state index contributed by atoms with van der Waals surface area (Å²) in [5, 5.41) is 0. The van der Waals surface area contributed by atoms with E-state index in [1.54, 1.807) is 18.7 Å². The van der Waals surface area contributed by atoms with Crippen molar-refractivity contribution >= 4 is 19.6 Å². The number of nitrogens with zero attached hydrogens (tertiary/aromatic N) is 2. The number of carbonyl (C=O) groups is 2. The summed E-state index contributed by atoms with van der Waals surface area (Å²) in [5.41, 5.74) is 5.16. The molecule has 0 bridgehead atoms. The standard InChI is InChI=1S/C29H41N2O6P/c1-7-36-38(34,37-8-2)20-30(17-21(3)4)29(33)31-18-26-15-23(6)22(5)14-25(26)16-27(31)28(32)35-19-24-12-10-9-11-13-24/h9-15,21,27H,7-8,16-20H2,1-6H3. The number of benzene rings is 2. The van der Waals surface area contributed by atoms with Crippen LogP contribution in [0.5, 0.6) is 0 Å². The predicted molar refractivity (Wildman–Crippen MR) is 148 cm³/mol. The molecule has 8 nitrogen and oxygen atoms in total. The molecule has 2 aromatic carbocycles. The smallest absolute Gasteiger partial charge is 0.349 e. The van der Waals surface area contributed by atoms with Crippen LogP contribution in [-0.2, 0) is 42.7 Å². The Hall–Kier alpha value is -2.67. The van der Waals surface area contributed by atoms with Crippen LogP contribution in [0.15, 0.2) is 42.5 Å². The first kappa shape index (κ1) is 29.9. The molecular weight excluding hydrogens is 503 g/mol. The number of urea groups is 1. The van der Waals surface area contributed by atoms with E-state index in [9.17, 15) is 14.2 Å². The second-order valence-corrected chi connectivity index (χ2v) is 12.2. The van der Waals surface area contributed by atoms with Crippen LogP contribution in [0, 0.1) is 19.8 Å². The summed E-state index contributed by atoms with van der Waals surface area (Å²) < 4.78 is 30.1. The van der Waals surface area contributed by atoms with Crippen LogP contribution in [0.3, 0.4) is 0 Å². The molecule has 0 saturated heterocycles. The minimum absolute atomic E-state index is 0.0982. The van der Waals surface area contributed by atoms with Gasteiger partial charge in [-0.1, -0.05) is 56.3 Å². The van der Waals surface area contributed by atoms with E-state index in [-0.39, 0.29) is 44.6 Å². The van der Waals surface area contributed by atoms with Crippen LogP contribution >= 0.6 is 7.60 Å². The van der Waals surface area contributed by atoms with E-state index < -0.39 is 19.6 Å². The molecule has 0 saturated carbocycles. The van der Waals surface area contributed by atoms with Crippen LogP contribution in [0.2, 0.25) is 0 Å². The summed E-state index contributed by atoms with van der Waals surface area (Å²) in [6, 6.07) is 12.4. The number of hydrogen-bond acceptors (Lipinski definition) is 6. The molecule has 0 radical (unpaired) electrons. The molecule has 2 aromatic rings. The van der Waals surface area contributed by atoms with Gasteiger partial charge in [0, 0.05) is 19.5 Å². The molecule has 9 heteroatoms. The largest absolute Gasteiger partial charge is 0.459 e. The van der Waals surface area contributed by atoms with Crippen molar-refractivity contribution < 1.29 is 27.9 Å². The van der Waals surface area contributed by atoms with Gasteiger partial charge in [-0.05, 0) is 61.4 Å². The van der Waals surface area contributed by atoms with Gasteiger partial charge in [-0.25, -0.2) is 9.59 Å². The molecule has 0 aromatic heterocycles. The Bertz CT molecular complexity index is 1140. The SMILES string of the molecule is CCOP(=O)(CN(CC(C)C)C(=O)N1Cc2cc(C)c(C)cc2CC1C(=O)OCc1ccccc1)OCC. The van der Waals surface area contributed by atoms with E-state index >= 15 is 0 Å². The van der Waals surface area contributed by atoms with Gasteiger partial charge in [0.05, 0.1) is 13.2 Å². The predicted octanol–water partition coefficient (Wildman–Crippen LogP) is 6.08. The Morgan fingerprint density at radius 1 is 1.03 bits per heavy atom. The minimum Gasteiger partial charge on any atom is -0.459 e. The molecule has 208 valence electrons. The van der Waals surface area contributed by atoms with Crippen LogP contribution in [0.1, 0.15) is 55.5 Å². The van der Waals surface area contributed by atoms with Crippen molar-refractivity contribution in [2.45, 2.75) is 67.2 Å². The zero-order valence-corrected chi connectivity index (χ0v) is 24.3. The summed E-state index contributed by atoms with van der Waals surface area (Å²) in [6.45, 7) is 12.6. The Morgan fingerprint density at radius 2 is 1.63 bits per heavy atom. The zero-order valence-electron chi connectivity index (χ0n) is 23.4. The second kappa shape index (κ2) is 13.4. The number of fused-ring (bicyclic) bond motifs is 1. The monoisotopic (exact) mass is 544 g/mol. The fourth-order valence-corrected chi connectivity index (χ4v) is 6.34. The van der Waals surface area contributed by atoms with Crippen molar-refractivity contribution in [3.8, 4) is 0 Å². The number of carbonyl (C=O) groups excluding carboxylic acids is 2. The van der Waals surface area contributed by atoms with E-state index in [4.69, 9.17) is 13.8 Å². The highest BCUT2D eigenvalue weighted by molar-refractivity contribution is 7.53. The van der Waals surface area contributed by atoms with Crippen LogP contribution < -0.4 is 0 Å². The highest BCUT2D eigenvalue weighted by atomic mass is 31.2. The first-order valence-electron chi connectivity index (χ1n) is 13.3. The molecule has 1 unspecified atom stereocenters. The van der Waals surface area contributed by atoms with E-state index in [2.05, 4.69) is 12.1 Å². The Kier molecular flexibility index (Phi) is 10.5. The molecule has 1 heterocycles. The van der Waals surface area contributed by atoms with Gasteiger partial charge in [-0.15, -0.1) is 0 Å². The number of rotatable bonds is 11. The molecule has 0 aliphatic carbocycles. The average molecular weight is 545 g/mol. The van der Waals surface area contributed by atoms with Crippen LogP contribution in [0.25, 0.3) is 0 Å². The third-order valence-corrected chi connectivity index (χ3v) is 8.53. The third-order valence-electron chi connectivity index (χ3n) is 6.54. The lowest BCUT2D eigenvalue weighted by molar-refractivity contribution is -0.151. The van der Waals surface area contributed by atoms with Crippen LogP contribution in [-0.4, -0.2) is 53.9 Å². The molecule has 0 fully saturated rings. The molecule has 38 heavy (non-hydrogen) atoms. The van der Waals surface area contributed by atoms with Gasteiger partial charge in [0.1, 0.15) is 18.9 Å². The number of hydrogen-bond donors (Lipinski definition) is 0. The molecular formula is C29H41N2O6P. The molecule has 2 amide bonds. The fourth-order valence-electron chi connectivity index (χ4n) is 4.66. The van der Waals surface area contributed by atoms with Crippen molar-refractivity contribution in [1.29, 1.82) is 0 Å². The minimum atomic E-state index is -3.55. The topological polar surface area (TPSA) is 85.4 Å². The molecule has 1 aliphatic rings. The maximum absolute atomic E-state index is 14.1. The lowest BCUT2D eigenvalue weighted by Gasteiger charge is -2.39. The number of ether oxygens (including phenoxy) is 1. The summed E-state index contributed by atoms with van der Waals surface area (Å²) in [6.07, 6.45) is 0.160. The van der Waals surface area contributed by atoms with Gasteiger partial charge in [-0.2, -0.15) is 0 Å². The lowest BCUT2D eigenvalue weighted by atomic mass is 9.90. The maximum Gasteiger partial charge on any atom is 0.349 e. The van der Waals surface area contributed by atoms with Gasteiger partial charge in [0.15, 0.2) is 0 Å². The van der Waals surface area contributed by atoms with E-state index in [0.29, 0.717) is 13.0 Å². The van der Waals surface area contributed by atoms with E-state index in [1.807, 2.05) is 58.0 Å². The molecule has 1 aliphatic heterocycles. The third kappa shape index (κ3) is 7.68. The van der Waals surface area contributed by atoms with Gasteiger partial charge in [-0.3, -0.25) is 4.57 Å². The highest BCUT2D eigenvalue weighted by Gasteiger charge is 2.40. The summed E-state index contributed by atoms with van der Waals surface area (Å²) in [7, 11) is -3.55. The molecule has 3 rings (SSSR count). The van der Waals surface area contributed by atoms with Crippen molar-refractivity contribution in [2.24, 2.45) is 5.92 Å². The van der Waals surface area contributed by atoms with Gasteiger partial charge in [0.2, 0.25) is 0 Å². The lowest BCUT2D eigenvalue weighted by Crippen LogP contribution is -2.54. The van der Waals surface area contributed by atoms with Crippen LogP contribution in [0.4, 0.5) is 4.79 Å². The van der Waals surface area contributed by atoms with E-state index in [1.165, 1.54) is 4.90 Å². The first-order chi connectivity index (χ1) is 18.1. The first-order valence-corrected chi connectivity index (χ1v) is 15.0. The average Bonchev–Trinajstić information content (AvgIpc) is 2.87. The molecule has 0 spiro atoms. The number of aryl methyl sites for hydroxylation is 2. The summed E-state index contributed by atoms with van der Waals surface area (Å²) in [4.78, 5) is 30.6. The summed E-state index contributed by atoms with van der Waals surface area (Å²) >= 11 is 0. The molecule has 1 atom stereocenters. The Labute approximate surface area is 226 Å². The quantitative estimate of drug-likeness (QED) is 0.252. The van der Waals surface area contributed by atoms with Crippen molar-refractivity contribution in [2.75, 3.05) is 26.0 Å². The van der Waals surface area contributed by atoms with Crippen molar-refractivity contribution in [3.63, 3.8) is 0 Å². The van der Waals surface area contributed by atoms with Gasteiger partial charge in [0.25, 0.3) is 0 Å². The van der Waals surface area contributed by atoms with Crippen molar-refractivity contribution in [1.82, 2.24) is 9.80 Å². The Balaban J connectivity index is 1.93. The van der Waals surface area contributed by atoms with Crippen molar-refractivity contribution in [3.05, 3.63) is 70.3 Å². The Morgan fingerprint density at radius 3 is 2.21 bits per heavy atom.